The molecular weight excluding hydrogens is 584 g/mol. The first-order valence-electron chi connectivity index (χ1n) is 14.9. The Morgan fingerprint density at radius 2 is 0.978 bits per heavy atom. The molecule has 0 aliphatic rings. The van der Waals surface area contributed by atoms with Crippen LogP contribution in [0.15, 0.2) is 107 Å². The number of amides is 2. The molecule has 0 aliphatic heterocycles. The maximum Gasteiger partial charge on any atom is 0.271 e. The SMILES string of the molecule is COc1cccc(/C=N/NC(=O)c2ccc(OCCCCCCOc3ccc(C(=O)N/N=C/c4cccc(OC)c4)cc3)cc2)c1. The van der Waals surface area contributed by atoms with Gasteiger partial charge in [-0.25, -0.2) is 10.9 Å². The molecule has 46 heavy (non-hydrogen) atoms. The number of carbonyl (C=O) groups excluding carboxylic acids is 2. The van der Waals surface area contributed by atoms with Crippen molar-refractivity contribution in [3.63, 3.8) is 0 Å². The van der Waals surface area contributed by atoms with Crippen LogP contribution in [-0.2, 0) is 0 Å². The summed E-state index contributed by atoms with van der Waals surface area (Å²) < 4.78 is 22.0. The largest absolute Gasteiger partial charge is 0.497 e. The van der Waals surface area contributed by atoms with Gasteiger partial charge in [0.15, 0.2) is 0 Å². The Hall–Kier alpha value is -5.64. The number of carbonyl (C=O) groups is 2. The van der Waals surface area contributed by atoms with Gasteiger partial charge in [-0.3, -0.25) is 9.59 Å². The van der Waals surface area contributed by atoms with Gasteiger partial charge in [-0.05, 0) is 110 Å². The van der Waals surface area contributed by atoms with Gasteiger partial charge in [-0.1, -0.05) is 24.3 Å². The second kappa shape index (κ2) is 18.2. The van der Waals surface area contributed by atoms with Crippen LogP contribution in [0.3, 0.4) is 0 Å². The Morgan fingerprint density at radius 3 is 1.37 bits per heavy atom. The molecule has 0 saturated heterocycles. The lowest BCUT2D eigenvalue weighted by Gasteiger charge is -2.08. The van der Waals surface area contributed by atoms with Gasteiger partial charge in [0.05, 0.1) is 39.9 Å². The van der Waals surface area contributed by atoms with Gasteiger partial charge in [0, 0.05) is 11.1 Å². The lowest BCUT2D eigenvalue weighted by molar-refractivity contribution is 0.0947. The standard InChI is InChI=1S/C36H38N4O6/c1-43-33-11-7-9-27(23-33)25-37-39-35(41)29-13-17-31(18-14-29)45-21-5-3-4-6-22-46-32-19-15-30(16-20-32)36(42)40-38-26-28-10-8-12-34(24-28)44-2/h7-20,23-26H,3-6,21-22H2,1-2H3,(H,39,41)(H,40,42)/b37-25+,38-26+. The van der Waals surface area contributed by atoms with Gasteiger partial charge in [0.1, 0.15) is 23.0 Å². The second-order valence-corrected chi connectivity index (χ2v) is 10.1. The van der Waals surface area contributed by atoms with Crippen LogP contribution in [0.4, 0.5) is 0 Å². The molecule has 10 heteroatoms. The van der Waals surface area contributed by atoms with Crippen LogP contribution in [0, 0.1) is 0 Å². The molecule has 0 spiro atoms. The van der Waals surface area contributed by atoms with E-state index in [0.717, 1.165) is 48.3 Å². The highest BCUT2D eigenvalue weighted by Crippen LogP contribution is 2.16. The fraction of sp³-hybridized carbons (Fsp3) is 0.222. The number of nitrogens with one attached hydrogen (secondary N) is 2. The van der Waals surface area contributed by atoms with E-state index in [1.54, 1.807) is 75.2 Å². The van der Waals surface area contributed by atoms with Gasteiger partial charge in [0.25, 0.3) is 11.8 Å². The molecule has 0 aromatic heterocycles. The van der Waals surface area contributed by atoms with Crippen LogP contribution >= 0.6 is 0 Å². The number of hydrogen-bond donors (Lipinski definition) is 2. The van der Waals surface area contributed by atoms with Crippen molar-refractivity contribution in [1.29, 1.82) is 0 Å². The van der Waals surface area contributed by atoms with Crippen LogP contribution in [0.25, 0.3) is 0 Å². The summed E-state index contributed by atoms with van der Waals surface area (Å²) in [4.78, 5) is 24.7. The molecule has 0 bridgehead atoms. The number of hydrogen-bond acceptors (Lipinski definition) is 8. The summed E-state index contributed by atoms with van der Waals surface area (Å²) in [7, 11) is 3.20. The first kappa shape index (κ1) is 33.3. The number of hydrazone groups is 2. The van der Waals surface area contributed by atoms with Crippen molar-refractivity contribution in [2.45, 2.75) is 25.7 Å². The third-order valence-electron chi connectivity index (χ3n) is 6.76. The molecule has 10 nitrogen and oxygen atoms in total. The lowest BCUT2D eigenvalue weighted by Crippen LogP contribution is -2.17. The highest BCUT2D eigenvalue weighted by Gasteiger charge is 2.06. The van der Waals surface area contributed by atoms with Crippen molar-refractivity contribution in [1.82, 2.24) is 10.9 Å². The van der Waals surface area contributed by atoms with E-state index in [-0.39, 0.29) is 11.8 Å². The quantitative estimate of drug-likeness (QED) is 0.0816. The van der Waals surface area contributed by atoms with Gasteiger partial charge in [0.2, 0.25) is 0 Å². The van der Waals surface area contributed by atoms with Crippen LogP contribution < -0.4 is 29.8 Å². The van der Waals surface area contributed by atoms with Gasteiger partial charge in [-0.15, -0.1) is 0 Å². The van der Waals surface area contributed by atoms with E-state index in [4.69, 9.17) is 18.9 Å². The van der Waals surface area contributed by atoms with Crippen LogP contribution in [0.5, 0.6) is 23.0 Å². The van der Waals surface area contributed by atoms with E-state index in [1.165, 1.54) is 0 Å². The van der Waals surface area contributed by atoms with E-state index in [2.05, 4.69) is 21.1 Å². The minimum atomic E-state index is -0.305. The monoisotopic (exact) mass is 622 g/mol. The van der Waals surface area contributed by atoms with E-state index in [1.807, 2.05) is 48.5 Å². The summed E-state index contributed by atoms with van der Waals surface area (Å²) in [6.07, 6.45) is 6.95. The first-order chi connectivity index (χ1) is 22.5. The number of ether oxygens (including phenoxy) is 4. The second-order valence-electron chi connectivity index (χ2n) is 10.1. The normalized spacial score (nSPS) is 10.9. The van der Waals surface area contributed by atoms with E-state index >= 15 is 0 Å². The maximum absolute atomic E-state index is 12.4. The highest BCUT2D eigenvalue weighted by atomic mass is 16.5. The number of unbranched alkanes of at least 4 members (excludes halogenated alkanes) is 3. The summed E-state index contributed by atoms with van der Waals surface area (Å²) in [6.45, 7) is 1.18. The van der Waals surface area contributed by atoms with Gasteiger partial charge < -0.3 is 18.9 Å². The fourth-order valence-corrected chi connectivity index (χ4v) is 4.25. The minimum Gasteiger partial charge on any atom is -0.497 e. The molecule has 0 heterocycles. The maximum atomic E-state index is 12.4. The molecule has 0 atom stereocenters. The molecule has 0 aliphatic carbocycles. The summed E-state index contributed by atoms with van der Waals surface area (Å²) >= 11 is 0. The molecule has 0 unspecified atom stereocenters. The molecule has 238 valence electrons. The summed E-state index contributed by atoms with van der Waals surface area (Å²) in [5.74, 6) is 2.25. The van der Waals surface area contributed by atoms with Crippen LogP contribution in [0.2, 0.25) is 0 Å². The van der Waals surface area contributed by atoms with E-state index in [0.29, 0.717) is 35.8 Å². The Morgan fingerprint density at radius 1 is 0.565 bits per heavy atom. The van der Waals surface area contributed by atoms with Crippen molar-refractivity contribution >= 4 is 24.2 Å². The lowest BCUT2D eigenvalue weighted by atomic mass is 10.2. The van der Waals surface area contributed by atoms with Crippen molar-refractivity contribution in [3.8, 4) is 23.0 Å². The third kappa shape index (κ3) is 11.1. The zero-order valence-corrected chi connectivity index (χ0v) is 26.0. The van der Waals surface area contributed by atoms with Crippen molar-refractivity contribution in [2.24, 2.45) is 10.2 Å². The molecule has 2 N–H and O–H groups in total. The van der Waals surface area contributed by atoms with Crippen molar-refractivity contribution in [2.75, 3.05) is 27.4 Å². The Labute approximate surface area is 269 Å². The average Bonchev–Trinajstić information content (AvgIpc) is 3.10. The number of nitrogens with zero attached hydrogens (tertiary/aromatic N) is 2. The average molecular weight is 623 g/mol. The van der Waals surface area contributed by atoms with E-state index < -0.39 is 0 Å². The Kier molecular flexibility index (Phi) is 13.2. The molecule has 4 aromatic carbocycles. The summed E-state index contributed by atoms with van der Waals surface area (Å²) in [5.41, 5.74) is 7.67. The molecule has 4 rings (SSSR count). The Bertz CT molecular complexity index is 1480. The van der Waals surface area contributed by atoms with Crippen LogP contribution in [0.1, 0.15) is 57.5 Å². The molecule has 2 amide bonds. The van der Waals surface area contributed by atoms with Gasteiger partial charge >= 0.3 is 0 Å². The smallest absolute Gasteiger partial charge is 0.271 e. The molecule has 0 fully saturated rings. The summed E-state index contributed by atoms with van der Waals surface area (Å²) in [5, 5.41) is 8.03. The third-order valence-corrected chi connectivity index (χ3v) is 6.76. The fourth-order valence-electron chi connectivity index (χ4n) is 4.25. The zero-order chi connectivity index (χ0) is 32.4. The minimum absolute atomic E-state index is 0.305. The van der Waals surface area contributed by atoms with Crippen LogP contribution in [-0.4, -0.2) is 51.7 Å². The molecular formula is C36H38N4O6. The first-order valence-corrected chi connectivity index (χ1v) is 14.9. The topological polar surface area (TPSA) is 120 Å². The van der Waals surface area contributed by atoms with Crippen molar-refractivity contribution in [3.05, 3.63) is 119 Å². The highest BCUT2D eigenvalue weighted by molar-refractivity contribution is 5.95. The predicted octanol–water partition coefficient (Wildman–Crippen LogP) is 6.25. The molecule has 4 aromatic rings. The van der Waals surface area contributed by atoms with Gasteiger partial charge in [-0.2, -0.15) is 10.2 Å². The molecule has 0 saturated carbocycles. The summed E-state index contributed by atoms with van der Waals surface area (Å²) in [6, 6.07) is 28.7. The molecule has 0 radical (unpaired) electrons. The number of benzene rings is 4. The Balaban J connectivity index is 1.05. The number of methoxy groups -OCH3 is 2. The number of rotatable bonds is 17. The predicted molar refractivity (Wildman–Crippen MR) is 178 cm³/mol. The van der Waals surface area contributed by atoms with E-state index in [9.17, 15) is 9.59 Å². The zero-order valence-electron chi connectivity index (χ0n) is 26.0. The van der Waals surface area contributed by atoms with Crippen molar-refractivity contribution < 1.29 is 28.5 Å².